The van der Waals surface area contributed by atoms with E-state index in [1.54, 1.807) is 42.7 Å². The van der Waals surface area contributed by atoms with Crippen LogP contribution in [0.2, 0.25) is 0 Å². The SMILES string of the molecule is F[B-]1(F)n2cccc2C(c2ccco2)=C2C=CC=[N+]21. The lowest BCUT2D eigenvalue weighted by atomic mass is 9.88. The number of rotatable bonds is 1. The highest BCUT2D eigenvalue weighted by Crippen LogP contribution is 2.38. The van der Waals surface area contributed by atoms with E-state index in [1.165, 1.54) is 12.4 Å². The smallest absolute Gasteiger partial charge is 0.464 e. The maximum atomic E-state index is 14.4. The van der Waals surface area contributed by atoms with Gasteiger partial charge < -0.3 is 22.0 Å². The molecule has 6 heteroatoms. The second kappa shape index (κ2) is 3.35. The molecular weight excluding hydrogens is 249 g/mol. The molecule has 4 heterocycles. The Morgan fingerprint density at radius 2 is 2.11 bits per heavy atom. The molecule has 0 unspecified atom stereocenters. The zero-order valence-corrected chi connectivity index (χ0v) is 9.83. The molecule has 0 amide bonds. The summed E-state index contributed by atoms with van der Waals surface area (Å²) in [6, 6.07) is 6.84. The molecule has 0 saturated carbocycles. The number of hydrogen-bond acceptors (Lipinski definition) is 1. The third-order valence-electron chi connectivity index (χ3n) is 3.51. The van der Waals surface area contributed by atoms with Gasteiger partial charge in [0.15, 0.2) is 5.70 Å². The van der Waals surface area contributed by atoms with Gasteiger partial charge in [0, 0.05) is 17.8 Å². The number of nitrogens with zero attached hydrogens (tertiary/aromatic N) is 2. The van der Waals surface area contributed by atoms with Gasteiger partial charge in [-0.3, -0.25) is 0 Å². The van der Waals surface area contributed by atoms with Gasteiger partial charge in [0.2, 0.25) is 0 Å². The van der Waals surface area contributed by atoms with Crippen molar-refractivity contribution in [2.45, 2.75) is 0 Å². The van der Waals surface area contributed by atoms with Gasteiger partial charge >= 0.3 is 6.97 Å². The molecule has 0 saturated heterocycles. The Morgan fingerprint density at radius 1 is 1.21 bits per heavy atom. The summed E-state index contributed by atoms with van der Waals surface area (Å²) >= 11 is 0. The molecule has 0 spiro atoms. The molecule has 2 aromatic rings. The van der Waals surface area contributed by atoms with Gasteiger partial charge in [-0.15, -0.1) is 0 Å². The Morgan fingerprint density at radius 3 is 2.89 bits per heavy atom. The molecule has 19 heavy (non-hydrogen) atoms. The van der Waals surface area contributed by atoms with Crippen LogP contribution in [-0.2, 0) is 0 Å². The number of furan rings is 1. The molecule has 0 N–H and O–H groups in total. The van der Waals surface area contributed by atoms with E-state index in [0.717, 1.165) is 8.96 Å². The van der Waals surface area contributed by atoms with Crippen LogP contribution in [0, 0.1) is 0 Å². The summed E-state index contributed by atoms with van der Waals surface area (Å²) < 4.78 is 36.3. The minimum absolute atomic E-state index is 0.478. The van der Waals surface area contributed by atoms with Gasteiger partial charge in [-0.2, -0.15) is 0 Å². The second-order valence-corrected chi connectivity index (χ2v) is 4.54. The first-order chi connectivity index (χ1) is 9.19. The number of allylic oxidation sites excluding steroid dienone is 2. The second-order valence-electron chi connectivity index (χ2n) is 4.54. The van der Waals surface area contributed by atoms with Crippen LogP contribution < -0.4 is 0 Å². The highest BCUT2D eigenvalue weighted by molar-refractivity contribution is 6.57. The fraction of sp³-hybridized carbons (Fsp3) is 0. The predicted octanol–water partition coefficient (Wildman–Crippen LogP) is 2.73. The first-order valence-electron chi connectivity index (χ1n) is 5.97. The van der Waals surface area contributed by atoms with E-state index in [1.807, 2.05) is 0 Å². The average molecular weight is 258 g/mol. The first-order valence-corrected chi connectivity index (χ1v) is 5.97. The van der Waals surface area contributed by atoms with E-state index in [9.17, 15) is 8.63 Å². The van der Waals surface area contributed by atoms with Crippen molar-refractivity contribution in [3.8, 4) is 0 Å². The Balaban J connectivity index is 2.09. The number of halogens is 2. The molecule has 2 aromatic heterocycles. The summed E-state index contributed by atoms with van der Waals surface area (Å²) in [6.07, 6.45) is 7.66. The van der Waals surface area contributed by atoms with E-state index in [4.69, 9.17) is 4.42 Å². The van der Waals surface area contributed by atoms with Crippen molar-refractivity contribution in [2.75, 3.05) is 0 Å². The van der Waals surface area contributed by atoms with E-state index in [0.29, 0.717) is 22.7 Å². The largest absolute Gasteiger partial charge is 0.737 e. The summed E-state index contributed by atoms with van der Waals surface area (Å²) in [5, 5.41) is 0. The van der Waals surface area contributed by atoms with Crippen LogP contribution in [0.5, 0.6) is 0 Å². The van der Waals surface area contributed by atoms with E-state index < -0.39 is 6.97 Å². The Hall–Kier alpha value is -2.37. The molecule has 4 rings (SSSR count). The molecule has 0 aliphatic carbocycles. The maximum absolute atomic E-state index is 14.4. The molecule has 0 radical (unpaired) electrons. The molecule has 0 aromatic carbocycles. The van der Waals surface area contributed by atoms with Crippen LogP contribution in [0.1, 0.15) is 11.5 Å². The van der Waals surface area contributed by atoms with Crippen molar-refractivity contribution in [3.05, 3.63) is 66.0 Å². The Bertz CT molecular complexity index is 753. The zero-order valence-electron chi connectivity index (χ0n) is 9.83. The average Bonchev–Trinajstić information content (AvgIpc) is 3.11. The van der Waals surface area contributed by atoms with Crippen molar-refractivity contribution >= 4 is 18.8 Å². The quantitative estimate of drug-likeness (QED) is 0.720. The molecule has 2 aliphatic rings. The van der Waals surface area contributed by atoms with Crippen LogP contribution in [0.25, 0.3) is 5.57 Å². The molecule has 94 valence electrons. The van der Waals surface area contributed by atoms with Crippen molar-refractivity contribution in [1.29, 1.82) is 0 Å². The normalized spacial score (nSPS) is 19.4. The monoisotopic (exact) mass is 258 g/mol. The van der Waals surface area contributed by atoms with Gasteiger partial charge in [0.25, 0.3) is 0 Å². The minimum atomic E-state index is -3.83. The molecular formula is C13H9BF2N2O. The fourth-order valence-electron chi connectivity index (χ4n) is 2.69. The van der Waals surface area contributed by atoms with Gasteiger partial charge in [-0.1, -0.05) is 0 Å². The number of hydrogen-bond donors (Lipinski definition) is 0. The van der Waals surface area contributed by atoms with E-state index in [2.05, 4.69) is 0 Å². The summed E-state index contributed by atoms with van der Waals surface area (Å²) in [6.45, 7) is -3.83. The third-order valence-corrected chi connectivity index (χ3v) is 3.51. The highest BCUT2D eigenvalue weighted by Gasteiger charge is 2.51. The number of aromatic nitrogens is 1. The molecule has 2 aliphatic heterocycles. The van der Waals surface area contributed by atoms with Gasteiger partial charge in [-0.25, -0.2) is 0 Å². The minimum Gasteiger partial charge on any atom is -0.464 e. The standard InChI is InChI=1S/C13H9BF2N2O/c15-14(16)17-7-1-4-10(17)13(12-6-3-9-19-12)11-5-2-8-18(11)14/h1-9H. The lowest BCUT2D eigenvalue weighted by Gasteiger charge is -2.30. The van der Waals surface area contributed by atoms with Crippen LogP contribution in [0.4, 0.5) is 8.63 Å². The Labute approximate surface area is 107 Å². The third kappa shape index (κ3) is 1.23. The number of fused-ring (bicyclic) bond motifs is 2. The van der Waals surface area contributed by atoms with Crippen molar-refractivity contribution in [1.82, 2.24) is 4.48 Å². The van der Waals surface area contributed by atoms with Crippen LogP contribution in [0.15, 0.2) is 59.0 Å². The van der Waals surface area contributed by atoms with Crippen LogP contribution >= 0.6 is 0 Å². The molecule has 0 atom stereocenters. The maximum Gasteiger partial charge on any atom is 0.737 e. The topological polar surface area (TPSA) is 21.1 Å². The lowest BCUT2D eigenvalue weighted by Crippen LogP contribution is -2.49. The first kappa shape index (κ1) is 10.5. The zero-order chi connectivity index (χ0) is 13.0. The predicted molar refractivity (Wildman–Crippen MR) is 68.0 cm³/mol. The van der Waals surface area contributed by atoms with E-state index >= 15 is 0 Å². The molecule has 0 fully saturated rings. The highest BCUT2D eigenvalue weighted by atomic mass is 19.2. The summed E-state index contributed by atoms with van der Waals surface area (Å²) in [5.74, 6) is 0.589. The molecule has 0 bridgehead atoms. The van der Waals surface area contributed by atoms with Gasteiger partial charge in [0.1, 0.15) is 17.5 Å². The molecule has 3 nitrogen and oxygen atoms in total. The van der Waals surface area contributed by atoms with Gasteiger partial charge in [-0.05, 0) is 30.5 Å². The lowest BCUT2D eigenvalue weighted by molar-refractivity contribution is -0.356. The van der Waals surface area contributed by atoms with Crippen molar-refractivity contribution in [3.63, 3.8) is 0 Å². The Kier molecular flexibility index (Phi) is 1.86. The summed E-state index contributed by atoms with van der Waals surface area (Å²) in [5.41, 5.74) is 1.64. The van der Waals surface area contributed by atoms with Crippen molar-refractivity contribution < 1.29 is 17.5 Å². The summed E-state index contributed by atoms with van der Waals surface area (Å²) in [4.78, 5) is 0. The summed E-state index contributed by atoms with van der Waals surface area (Å²) in [7, 11) is 0. The van der Waals surface area contributed by atoms with Crippen molar-refractivity contribution in [2.24, 2.45) is 0 Å². The van der Waals surface area contributed by atoms with Gasteiger partial charge in [0.05, 0.1) is 6.26 Å². The van der Waals surface area contributed by atoms with E-state index in [-0.39, 0.29) is 0 Å². The van der Waals surface area contributed by atoms with Crippen LogP contribution in [0.3, 0.4) is 0 Å². The fourth-order valence-corrected chi connectivity index (χ4v) is 2.69. The van der Waals surface area contributed by atoms with Crippen LogP contribution in [-0.4, -0.2) is 22.1 Å².